The highest BCUT2D eigenvalue weighted by Crippen LogP contribution is 2.20. The molecule has 2 N–H and O–H groups in total. The quantitative estimate of drug-likeness (QED) is 0.347. The molecule has 1 aliphatic rings. The molecular formula is C19H31IN4O3. The topological polar surface area (TPSA) is 75.2 Å². The summed E-state index contributed by atoms with van der Waals surface area (Å²) in [6.45, 7) is 4.16. The number of aryl methyl sites for hydroxylation is 1. The molecule has 7 nitrogen and oxygen atoms in total. The van der Waals surface area contributed by atoms with Gasteiger partial charge >= 0.3 is 0 Å². The number of amides is 1. The van der Waals surface area contributed by atoms with E-state index in [1.54, 1.807) is 26.1 Å². The van der Waals surface area contributed by atoms with E-state index in [-0.39, 0.29) is 42.5 Å². The van der Waals surface area contributed by atoms with E-state index in [9.17, 15) is 4.79 Å². The molecule has 1 aromatic carbocycles. The van der Waals surface area contributed by atoms with Gasteiger partial charge in [0.2, 0.25) is 5.91 Å². The lowest BCUT2D eigenvalue weighted by Crippen LogP contribution is -2.45. The van der Waals surface area contributed by atoms with Crippen molar-refractivity contribution < 1.29 is 14.3 Å². The number of hydrogen-bond donors (Lipinski definition) is 2. The third kappa shape index (κ3) is 7.92. The smallest absolute Gasteiger partial charge is 0.241 e. The van der Waals surface area contributed by atoms with Crippen LogP contribution in [0, 0.1) is 6.92 Å². The molecule has 0 bridgehead atoms. The van der Waals surface area contributed by atoms with Crippen LogP contribution < -0.4 is 15.4 Å². The van der Waals surface area contributed by atoms with Crippen molar-refractivity contribution in [2.24, 2.45) is 4.99 Å². The fourth-order valence-corrected chi connectivity index (χ4v) is 2.65. The lowest BCUT2D eigenvalue weighted by molar-refractivity contribution is -0.127. The van der Waals surface area contributed by atoms with Crippen LogP contribution in [0.5, 0.6) is 5.75 Å². The Morgan fingerprint density at radius 3 is 2.78 bits per heavy atom. The molecule has 0 spiro atoms. The summed E-state index contributed by atoms with van der Waals surface area (Å²) in [6.07, 6.45) is 2.33. The second kappa shape index (κ2) is 12.0. The van der Waals surface area contributed by atoms with Gasteiger partial charge in [0.25, 0.3) is 0 Å². The number of carbonyl (C=O) groups is 1. The molecule has 1 unspecified atom stereocenters. The number of nitrogens with one attached hydrogen (secondary N) is 2. The Labute approximate surface area is 178 Å². The van der Waals surface area contributed by atoms with Gasteiger partial charge < -0.3 is 25.0 Å². The summed E-state index contributed by atoms with van der Waals surface area (Å²) in [7, 11) is 5.13. The number of benzene rings is 1. The van der Waals surface area contributed by atoms with E-state index >= 15 is 0 Å². The van der Waals surface area contributed by atoms with Gasteiger partial charge in [-0.25, -0.2) is 4.99 Å². The third-order valence-corrected chi connectivity index (χ3v) is 4.28. The van der Waals surface area contributed by atoms with Crippen LogP contribution >= 0.6 is 24.0 Å². The van der Waals surface area contributed by atoms with E-state index in [0.29, 0.717) is 19.0 Å². The van der Waals surface area contributed by atoms with Gasteiger partial charge in [0, 0.05) is 32.8 Å². The van der Waals surface area contributed by atoms with Crippen molar-refractivity contribution in [3.05, 3.63) is 29.3 Å². The van der Waals surface area contributed by atoms with Gasteiger partial charge in [0.15, 0.2) is 5.96 Å². The van der Waals surface area contributed by atoms with Crippen molar-refractivity contribution in [2.75, 3.05) is 40.9 Å². The Bertz CT molecular complexity index is 631. The number of guanidine groups is 1. The molecule has 1 aromatic rings. The first-order valence-corrected chi connectivity index (χ1v) is 8.97. The van der Waals surface area contributed by atoms with E-state index in [0.717, 1.165) is 36.3 Å². The first kappa shape index (κ1) is 23.5. The van der Waals surface area contributed by atoms with Crippen LogP contribution in [0.3, 0.4) is 0 Å². The fourth-order valence-electron chi connectivity index (χ4n) is 2.65. The first-order valence-electron chi connectivity index (χ1n) is 8.97. The fraction of sp³-hybridized carbons (Fsp3) is 0.579. The van der Waals surface area contributed by atoms with Crippen molar-refractivity contribution in [3.8, 4) is 5.75 Å². The van der Waals surface area contributed by atoms with Crippen LogP contribution in [-0.2, 0) is 16.1 Å². The maximum absolute atomic E-state index is 11.9. The van der Waals surface area contributed by atoms with Gasteiger partial charge in [0.05, 0.1) is 26.3 Å². The number of halogens is 1. The zero-order chi connectivity index (χ0) is 18.9. The van der Waals surface area contributed by atoms with Crippen LogP contribution in [-0.4, -0.2) is 63.8 Å². The predicted octanol–water partition coefficient (Wildman–Crippen LogP) is 1.92. The van der Waals surface area contributed by atoms with E-state index in [2.05, 4.69) is 15.6 Å². The standard InChI is InChI=1S/C19H30N4O3.HI/c1-14-7-8-15(17(10-14)25-4)11-20-19(22-13-18(24)23(2)3)21-12-16-6-5-9-26-16;/h7-8,10,16H,5-6,9,11-13H2,1-4H3,(H2,20,21,22);1H. The van der Waals surface area contributed by atoms with Crippen LogP contribution in [0.25, 0.3) is 0 Å². The lowest BCUT2D eigenvalue weighted by atomic mass is 10.1. The molecule has 0 saturated carbocycles. The van der Waals surface area contributed by atoms with Gasteiger partial charge in [-0.15, -0.1) is 24.0 Å². The maximum atomic E-state index is 11.9. The summed E-state index contributed by atoms with van der Waals surface area (Å²) >= 11 is 0. The van der Waals surface area contributed by atoms with Crippen molar-refractivity contribution in [3.63, 3.8) is 0 Å². The first-order chi connectivity index (χ1) is 12.5. The van der Waals surface area contributed by atoms with Gasteiger partial charge in [0.1, 0.15) is 5.75 Å². The predicted molar refractivity (Wildman–Crippen MR) is 118 cm³/mol. The molecule has 1 heterocycles. The molecular weight excluding hydrogens is 459 g/mol. The summed E-state index contributed by atoms with van der Waals surface area (Å²) in [4.78, 5) is 18.0. The molecule has 1 saturated heterocycles. The van der Waals surface area contributed by atoms with Crippen LogP contribution in [0.15, 0.2) is 23.2 Å². The van der Waals surface area contributed by atoms with E-state index in [4.69, 9.17) is 9.47 Å². The molecule has 1 aliphatic heterocycles. The average molecular weight is 490 g/mol. The van der Waals surface area contributed by atoms with Gasteiger partial charge in [-0.2, -0.15) is 0 Å². The molecule has 1 fully saturated rings. The molecule has 0 aromatic heterocycles. The number of aliphatic imine (C=N–C) groups is 1. The molecule has 0 aliphatic carbocycles. The number of methoxy groups -OCH3 is 1. The van der Waals surface area contributed by atoms with E-state index in [1.165, 1.54) is 0 Å². The van der Waals surface area contributed by atoms with Gasteiger partial charge in [-0.1, -0.05) is 12.1 Å². The van der Waals surface area contributed by atoms with Crippen molar-refractivity contribution in [1.82, 2.24) is 15.5 Å². The summed E-state index contributed by atoms with van der Waals surface area (Å²) < 4.78 is 11.1. The molecule has 2 rings (SSSR count). The summed E-state index contributed by atoms with van der Waals surface area (Å²) in [5.74, 6) is 1.40. The summed E-state index contributed by atoms with van der Waals surface area (Å²) in [6, 6.07) is 6.05. The van der Waals surface area contributed by atoms with E-state index < -0.39 is 0 Å². The number of rotatable bonds is 7. The molecule has 1 amide bonds. The van der Waals surface area contributed by atoms with E-state index in [1.807, 2.05) is 25.1 Å². The van der Waals surface area contributed by atoms with Crippen molar-refractivity contribution in [1.29, 1.82) is 0 Å². The Morgan fingerprint density at radius 2 is 2.15 bits per heavy atom. The Morgan fingerprint density at radius 1 is 1.37 bits per heavy atom. The zero-order valence-electron chi connectivity index (χ0n) is 16.6. The van der Waals surface area contributed by atoms with Crippen LogP contribution in [0.2, 0.25) is 0 Å². The molecule has 0 radical (unpaired) electrons. The third-order valence-electron chi connectivity index (χ3n) is 4.28. The minimum Gasteiger partial charge on any atom is -0.496 e. The maximum Gasteiger partial charge on any atom is 0.241 e. The largest absolute Gasteiger partial charge is 0.496 e. The Balaban J connectivity index is 0.00000364. The molecule has 152 valence electrons. The number of nitrogens with zero attached hydrogens (tertiary/aromatic N) is 2. The minimum absolute atomic E-state index is 0. The van der Waals surface area contributed by atoms with Crippen molar-refractivity contribution >= 4 is 35.8 Å². The Kier molecular flexibility index (Phi) is 10.5. The monoisotopic (exact) mass is 490 g/mol. The lowest BCUT2D eigenvalue weighted by Gasteiger charge is -2.17. The zero-order valence-corrected chi connectivity index (χ0v) is 18.9. The SMILES string of the molecule is COc1cc(C)ccc1CN=C(NCC(=O)N(C)C)NCC1CCCO1.I. The number of likely N-dealkylation sites (N-methyl/N-ethyl adjacent to an activating group) is 1. The van der Waals surface area contributed by atoms with Gasteiger partial charge in [-0.05, 0) is 31.4 Å². The minimum atomic E-state index is -0.00969. The van der Waals surface area contributed by atoms with Crippen LogP contribution in [0.1, 0.15) is 24.0 Å². The Hall–Kier alpha value is -1.55. The van der Waals surface area contributed by atoms with Gasteiger partial charge in [-0.3, -0.25) is 4.79 Å². The molecule has 8 heteroatoms. The molecule has 1 atom stereocenters. The highest BCUT2D eigenvalue weighted by molar-refractivity contribution is 14.0. The normalized spacial score (nSPS) is 16.4. The number of carbonyl (C=O) groups excluding carboxylic acids is 1. The second-order valence-corrected chi connectivity index (χ2v) is 6.64. The highest BCUT2D eigenvalue weighted by atomic mass is 127. The average Bonchev–Trinajstić information content (AvgIpc) is 3.14. The number of hydrogen-bond acceptors (Lipinski definition) is 4. The van der Waals surface area contributed by atoms with Crippen LogP contribution in [0.4, 0.5) is 0 Å². The summed E-state index contributed by atoms with van der Waals surface area (Å²) in [5.41, 5.74) is 2.14. The highest BCUT2D eigenvalue weighted by Gasteiger charge is 2.16. The molecule has 27 heavy (non-hydrogen) atoms. The summed E-state index contributed by atoms with van der Waals surface area (Å²) in [5, 5.41) is 6.37. The second-order valence-electron chi connectivity index (χ2n) is 6.64. The van der Waals surface area contributed by atoms with Crippen molar-refractivity contribution in [2.45, 2.75) is 32.4 Å². The number of ether oxygens (including phenoxy) is 2.